The molecule has 7 heteroatoms. The number of carbonyl (C=O) groups excluding carboxylic acids is 1. The fraction of sp³-hybridized carbons (Fsp3) is 0.444. The van der Waals surface area contributed by atoms with Gasteiger partial charge in [-0.3, -0.25) is 4.79 Å². The van der Waals surface area contributed by atoms with E-state index in [2.05, 4.69) is 26.3 Å². The maximum atomic E-state index is 12.8. The van der Waals surface area contributed by atoms with Crippen molar-refractivity contribution in [3.63, 3.8) is 0 Å². The van der Waals surface area contributed by atoms with Crippen molar-refractivity contribution in [1.82, 2.24) is 20.0 Å². The van der Waals surface area contributed by atoms with Crippen LogP contribution in [-0.2, 0) is 0 Å². The molecule has 1 N–H and O–H groups in total. The molecule has 1 amide bonds. The number of benzene rings is 1. The lowest BCUT2D eigenvalue weighted by molar-refractivity contribution is 0.0681. The third kappa shape index (κ3) is 3.76. The van der Waals surface area contributed by atoms with Crippen LogP contribution in [0.2, 0.25) is 0 Å². The molecule has 2 bridgehead atoms. The molecule has 2 unspecified atom stereocenters. The van der Waals surface area contributed by atoms with Crippen molar-refractivity contribution in [2.75, 3.05) is 7.05 Å². The average molecular weight is 426 g/mol. The normalized spacial score (nSPS) is 24.6. The summed E-state index contributed by atoms with van der Waals surface area (Å²) in [7, 11) is 1.93. The topological polar surface area (TPSA) is 50.2 Å². The lowest BCUT2D eigenvalue weighted by Gasteiger charge is -2.35. The minimum absolute atomic E-state index is 0. The zero-order valence-electron chi connectivity index (χ0n) is 14.1. The first kappa shape index (κ1) is 18.4. The Labute approximate surface area is 162 Å². The molecule has 2 aliphatic rings. The molecule has 2 saturated heterocycles. The molecule has 0 aliphatic carbocycles. The predicted octanol–water partition coefficient (Wildman–Crippen LogP) is 3.41. The Bertz CT molecular complexity index is 736. The molecule has 3 heterocycles. The van der Waals surface area contributed by atoms with E-state index < -0.39 is 0 Å². The number of nitrogens with zero attached hydrogens (tertiary/aromatic N) is 3. The van der Waals surface area contributed by atoms with E-state index in [-0.39, 0.29) is 18.3 Å². The van der Waals surface area contributed by atoms with E-state index in [1.165, 1.54) is 12.8 Å². The monoisotopic (exact) mass is 424 g/mol. The Hall–Kier alpha value is -1.37. The van der Waals surface area contributed by atoms with Gasteiger partial charge in [-0.25, -0.2) is 4.68 Å². The fourth-order valence-corrected chi connectivity index (χ4v) is 4.15. The van der Waals surface area contributed by atoms with Crippen LogP contribution >= 0.6 is 28.3 Å². The second-order valence-corrected chi connectivity index (χ2v) is 7.74. The Morgan fingerprint density at radius 2 is 1.88 bits per heavy atom. The van der Waals surface area contributed by atoms with E-state index in [4.69, 9.17) is 0 Å². The summed E-state index contributed by atoms with van der Waals surface area (Å²) >= 11 is 3.43. The zero-order valence-corrected chi connectivity index (χ0v) is 16.5. The van der Waals surface area contributed by atoms with Crippen LogP contribution in [0.15, 0.2) is 41.1 Å². The van der Waals surface area contributed by atoms with Gasteiger partial charge in [0.05, 0.1) is 17.4 Å². The highest BCUT2D eigenvalue weighted by molar-refractivity contribution is 9.10. The lowest BCUT2D eigenvalue weighted by Crippen LogP contribution is -2.48. The van der Waals surface area contributed by atoms with Gasteiger partial charge in [-0.2, -0.15) is 5.10 Å². The van der Waals surface area contributed by atoms with E-state index >= 15 is 0 Å². The minimum atomic E-state index is 0. The SMILES string of the molecule is CN(C(=O)c1cnn(-c2ccc(Br)cc2)c1)C1CC2CCC(C1)N2.Cl. The van der Waals surface area contributed by atoms with E-state index in [0.717, 1.165) is 23.0 Å². The first-order chi connectivity index (χ1) is 11.6. The highest BCUT2D eigenvalue weighted by atomic mass is 79.9. The maximum absolute atomic E-state index is 12.8. The van der Waals surface area contributed by atoms with Crippen LogP contribution in [0.5, 0.6) is 0 Å². The van der Waals surface area contributed by atoms with Crippen LogP contribution in [0.25, 0.3) is 5.69 Å². The average Bonchev–Trinajstić information content (AvgIpc) is 3.21. The number of fused-ring (bicyclic) bond motifs is 2. The molecule has 0 spiro atoms. The van der Waals surface area contributed by atoms with Crippen LogP contribution in [-0.4, -0.2) is 45.8 Å². The van der Waals surface area contributed by atoms with Crippen molar-refractivity contribution in [1.29, 1.82) is 0 Å². The summed E-state index contributed by atoms with van der Waals surface area (Å²) in [5.74, 6) is 0.0599. The molecule has 2 fully saturated rings. The zero-order chi connectivity index (χ0) is 16.7. The molecule has 2 atom stereocenters. The number of hydrogen-bond acceptors (Lipinski definition) is 3. The Kier molecular flexibility index (Phi) is 5.51. The predicted molar refractivity (Wildman–Crippen MR) is 104 cm³/mol. The number of carbonyl (C=O) groups is 1. The summed E-state index contributed by atoms with van der Waals surface area (Å²) in [6.45, 7) is 0. The molecular weight excluding hydrogens is 404 g/mol. The number of piperidine rings is 1. The van der Waals surface area contributed by atoms with E-state index in [1.54, 1.807) is 10.9 Å². The molecule has 1 aromatic heterocycles. The molecule has 4 rings (SSSR count). The molecule has 134 valence electrons. The van der Waals surface area contributed by atoms with E-state index in [0.29, 0.717) is 23.7 Å². The Morgan fingerprint density at radius 3 is 2.52 bits per heavy atom. The van der Waals surface area contributed by atoms with E-state index in [1.807, 2.05) is 42.4 Å². The van der Waals surface area contributed by atoms with Gasteiger partial charge in [0.25, 0.3) is 5.91 Å². The van der Waals surface area contributed by atoms with Crippen molar-refractivity contribution in [2.45, 2.75) is 43.8 Å². The molecule has 0 radical (unpaired) electrons. The van der Waals surface area contributed by atoms with Crippen LogP contribution in [0.1, 0.15) is 36.0 Å². The lowest BCUT2D eigenvalue weighted by atomic mass is 9.98. The van der Waals surface area contributed by atoms with Gasteiger partial charge in [0, 0.05) is 35.8 Å². The van der Waals surface area contributed by atoms with Gasteiger partial charge in [0.15, 0.2) is 0 Å². The van der Waals surface area contributed by atoms with Crippen molar-refractivity contribution in [3.05, 3.63) is 46.7 Å². The standard InChI is InChI=1S/C18H21BrN4O.ClH/c1-22(17-8-14-4-5-15(9-17)21-14)18(24)12-10-20-23(11-12)16-6-2-13(19)3-7-16;/h2-3,6-7,10-11,14-15,17,21H,4-5,8-9H2,1H3;1H. The van der Waals surface area contributed by atoms with Crippen molar-refractivity contribution >= 4 is 34.2 Å². The largest absolute Gasteiger partial charge is 0.339 e. The van der Waals surface area contributed by atoms with Crippen LogP contribution in [0, 0.1) is 0 Å². The van der Waals surface area contributed by atoms with Crippen molar-refractivity contribution in [2.24, 2.45) is 0 Å². The molecule has 2 aliphatic heterocycles. The number of rotatable bonds is 3. The van der Waals surface area contributed by atoms with Gasteiger partial charge in [-0.1, -0.05) is 15.9 Å². The number of aromatic nitrogens is 2. The van der Waals surface area contributed by atoms with Gasteiger partial charge < -0.3 is 10.2 Å². The first-order valence-electron chi connectivity index (χ1n) is 8.44. The fourth-order valence-electron chi connectivity index (χ4n) is 3.88. The van der Waals surface area contributed by atoms with Gasteiger partial charge in [0.2, 0.25) is 0 Å². The Balaban J connectivity index is 0.00000182. The Morgan fingerprint density at radius 1 is 1.24 bits per heavy atom. The third-order valence-electron chi connectivity index (χ3n) is 5.24. The third-order valence-corrected chi connectivity index (χ3v) is 5.77. The quantitative estimate of drug-likeness (QED) is 0.820. The van der Waals surface area contributed by atoms with Crippen molar-refractivity contribution < 1.29 is 4.79 Å². The number of hydrogen-bond donors (Lipinski definition) is 1. The van der Waals surface area contributed by atoms with Gasteiger partial charge in [-0.15, -0.1) is 12.4 Å². The van der Waals surface area contributed by atoms with E-state index in [9.17, 15) is 4.79 Å². The summed E-state index contributed by atoms with van der Waals surface area (Å²) < 4.78 is 2.77. The molecule has 2 aromatic rings. The smallest absolute Gasteiger partial charge is 0.257 e. The number of halogens is 2. The van der Waals surface area contributed by atoms with Crippen LogP contribution in [0.3, 0.4) is 0 Å². The molecular formula is C18H22BrClN4O. The number of amides is 1. The molecule has 1 aromatic carbocycles. The summed E-state index contributed by atoms with van der Waals surface area (Å²) in [5, 5.41) is 7.97. The second-order valence-electron chi connectivity index (χ2n) is 6.83. The van der Waals surface area contributed by atoms with Gasteiger partial charge >= 0.3 is 0 Å². The summed E-state index contributed by atoms with van der Waals surface area (Å²) in [6.07, 6.45) is 8.07. The highest BCUT2D eigenvalue weighted by Gasteiger charge is 2.36. The summed E-state index contributed by atoms with van der Waals surface area (Å²) in [6, 6.07) is 9.36. The highest BCUT2D eigenvalue weighted by Crippen LogP contribution is 2.29. The number of nitrogens with one attached hydrogen (secondary N) is 1. The maximum Gasteiger partial charge on any atom is 0.257 e. The van der Waals surface area contributed by atoms with Crippen LogP contribution in [0.4, 0.5) is 0 Å². The molecule has 25 heavy (non-hydrogen) atoms. The van der Waals surface area contributed by atoms with Crippen molar-refractivity contribution in [3.8, 4) is 5.69 Å². The second kappa shape index (κ2) is 7.48. The van der Waals surface area contributed by atoms with Crippen LogP contribution < -0.4 is 5.32 Å². The molecule has 0 saturated carbocycles. The first-order valence-corrected chi connectivity index (χ1v) is 9.23. The minimum Gasteiger partial charge on any atom is -0.339 e. The van der Waals surface area contributed by atoms with Gasteiger partial charge in [0.1, 0.15) is 0 Å². The molecule has 5 nitrogen and oxygen atoms in total. The van der Waals surface area contributed by atoms with Gasteiger partial charge in [-0.05, 0) is 49.9 Å². The summed E-state index contributed by atoms with van der Waals surface area (Å²) in [5.41, 5.74) is 1.59. The summed E-state index contributed by atoms with van der Waals surface area (Å²) in [4.78, 5) is 14.7.